The Morgan fingerprint density at radius 2 is 1.85 bits per heavy atom. The van der Waals surface area contributed by atoms with Crippen molar-refractivity contribution in [3.8, 4) is 0 Å². The molecule has 0 saturated heterocycles. The topological polar surface area (TPSA) is 106 Å². The van der Waals surface area contributed by atoms with Crippen LogP contribution >= 0.6 is 0 Å². The smallest absolute Gasteiger partial charge is 0.449 e. The number of alkyl halides is 3. The Kier molecular flexibility index (Phi) is 5.95. The molecular formula is C21H17F3N4O4S. The molecule has 33 heavy (non-hydrogen) atoms. The number of hydrogen-bond acceptors (Lipinski definition) is 5. The zero-order valence-electron chi connectivity index (χ0n) is 16.8. The molecule has 0 aliphatic carbocycles. The SMILES string of the molecule is O=C(Cn1c(C(F)(F)F)nc2ccccc21)Nc1cccc(S(=O)(=O)NCc2ccco2)c1. The largest absolute Gasteiger partial charge is 0.468 e. The van der Waals surface area contributed by atoms with Gasteiger partial charge in [-0.05, 0) is 42.5 Å². The minimum absolute atomic E-state index is 0.0696. The number of anilines is 1. The number of sulfonamides is 1. The summed E-state index contributed by atoms with van der Waals surface area (Å²) < 4.78 is 73.5. The third-order valence-corrected chi connectivity index (χ3v) is 6.05. The van der Waals surface area contributed by atoms with Crippen molar-refractivity contribution >= 4 is 32.7 Å². The normalized spacial score (nSPS) is 12.2. The summed E-state index contributed by atoms with van der Waals surface area (Å²) in [4.78, 5) is 16.0. The number of nitrogens with one attached hydrogen (secondary N) is 2. The summed E-state index contributed by atoms with van der Waals surface area (Å²) in [5, 5.41) is 2.44. The molecule has 2 aromatic heterocycles. The maximum absolute atomic E-state index is 13.4. The van der Waals surface area contributed by atoms with Crippen molar-refractivity contribution in [1.29, 1.82) is 0 Å². The molecule has 0 unspecified atom stereocenters. The number of furan rings is 1. The van der Waals surface area contributed by atoms with Crippen molar-refractivity contribution in [3.63, 3.8) is 0 Å². The molecule has 1 amide bonds. The molecule has 2 aromatic carbocycles. The van der Waals surface area contributed by atoms with Gasteiger partial charge in [-0.1, -0.05) is 18.2 Å². The molecule has 8 nitrogen and oxygen atoms in total. The predicted molar refractivity (Wildman–Crippen MR) is 113 cm³/mol. The van der Waals surface area contributed by atoms with Gasteiger partial charge in [0.25, 0.3) is 0 Å². The monoisotopic (exact) mass is 478 g/mol. The number of aromatic nitrogens is 2. The number of imidazole rings is 1. The van der Waals surface area contributed by atoms with Crippen LogP contribution in [-0.4, -0.2) is 23.9 Å². The molecule has 0 aliphatic heterocycles. The average Bonchev–Trinajstić information content (AvgIpc) is 3.41. The van der Waals surface area contributed by atoms with Crippen molar-refractivity contribution in [3.05, 3.63) is 78.5 Å². The molecule has 0 spiro atoms. The fraction of sp³-hybridized carbons (Fsp3) is 0.143. The van der Waals surface area contributed by atoms with Crippen LogP contribution in [0.15, 0.2) is 76.2 Å². The summed E-state index contributed by atoms with van der Waals surface area (Å²) in [6.45, 7) is -0.733. The molecule has 172 valence electrons. The van der Waals surface area contributed by atoms with E-state index in [9.17, 15) is 26.4 Å². The molecule has 4 rings (SSSR count). The number of carbonyl (C=O) groups excluding carboxylic acids is 1. The van der Waals surface area contributed by atoms with E-state index in [0.29, 0.717) is 5.76 Å². The average molecular weight is 478 g/mol. The van der Waals surface area contributed by atoms with E-state index in [1.165, 1.54) is 42.7 Å². The van der Waals surface area contributed by atoms with E-state index in [0.717, 1.165) is 4.57 Å². The number of para-hydroxylation sites is 2. The summed E-state index contributed by atoms with van der Waals surface area (Å²) in [7, 11) is -3.92. The van der Waals surface area contributed by atoms with E-state index in [-0.39, 0.29) is 28.2 Å². The molecule has 0 radical (unpaired) electrons. The van der Waals surface area contributed by atoms with E-state index in [2.05, 4.69) is 15.0 Å². The van der Waals surface area contributed by atoms with Crippen LogP contribution in [0.1, 0.15) is 11.6 Å². The van der Waals surface area contributed by atoms with Crippen molar-refractivity contribution in [2.24, 2.45) is 0 Å². The van der Waals surface area contributed by atoms with Crippen molar-refractivity contribution in [2.45, 2.75) is 24.2 Å². The van der Waals surface area contributed by atoms with Gasteiger partial charge in [-0.3, -0.25) is 4.79 Å². The fourth-order valence-corrected chi connectivity index (χ4v) is 4.24. The lowest BCUT2D eigenvalue weighted by Gasteiger charge is -2.12. The van der Waals surface area contributed by atoms with Gasteiger partial charge >= 0.3 is 6.18 Å². The maximum atomic E-state index is 13.4. The van der Waals surface area contributed by atoms with Gasteiger partial charge in [0.15, 0.2) is 0 Å². The molecular weight excluding hydrogens is 461 g/mol. The molecule has 0 atom stereocenters. The number of hydrogen-bond donors (Lipinski definition) is 2. The Morgan fingerprint density at radius 1 is 1.06 bits per heavy atom. The molecule has 2 heterocycles. The first kappa shape index (κ1) is 22.6. The summed E-state index contributed by atoms with van der Waals surface area (Å²) in [6.07, 6.45) is -3.35. The van der Waals surface area contributed by atoms with Crippen LogP contribution in [0.3, 0.4) is 0 Å². The minimum atomic E-state index is -4.76. The van der Waals surface area contributed by atoms with Gasteiger partial charge in [0, 0.05) is 5.69 Å². The summed E-state index contributed by atoms with van der Waals surface area (Å²) in [6, 6.07) is 14.5. The molecule has 12 heteroatoms. The Bertz CT molecular complexity index is 1400. The van der Waals surface area contributed by atoms with Gasteiger partial charge < -0.3 is 14.3 Å². The van der Waals surface area contributed by atoms with E-state index in [1.807, 2.05) is 0 Å². The zero-order chi connectivity index (χ0) is 23.6. The van der Waals surface area contributed by atoms with Crippen LogP contribution in [0.5, 0.6) is 0 Å². The third-order valence-electron chi connectivity index (χ3n) is 4.65. The molecule has 0 aliphatic rings. The molecule has 4 aromatic rings. The first-order valence-corrected chi connectivity index (χ1v) is 11.1. The lowest BCUT2D eigenvalue weighted by atomic mass is 10.3. The van der Waals surface area contributed by atoms with Crippen LogP contribution < -0.4 is 10.0 Å². The van der Waals surface area contributed by atoms with E-state index in [4.69, 9.17) is 4.42 Å². The highest BCUT2D eigenvalue weighted by Gasteiger charge is 2.38. The van der Waals surface area contributed by atoms with Crippen molar-refractivity contribution in [1.82, 2.24) is 14.3 Å². The minimum Gasteiger partial charge on any atom is -0.468 e. The number of fused-ring (bicyclic) bond motifs is 1. The predicted octanol–water partition coefficient (Wildman–Crippen LogP) is 3.77. The van der Waals surface area contributed by atoms with E-state index >= 15 is 0 Å². The second-order valence-corrected chi connectivity index (χ2v) is 8.75. The Morgan fingerprint density at radius 3 is 2.58 bits per heavy atom. The van der Waals surface area contributed by atoms with Gasteiger partial charge in [0.1, 0.15) is 12.3 Å². The Balaban J connectivity index is 1.52. The Labute approximate surface area is 186 Å². The van der Waals surface area contributed by atoms with Gasteiger partial charge in [-0.25, -0.2) is 18.1 Å². The second kappa shape index (κ2) is 8.71. The lowest BCUT2D eigenvalue weighted by Crippen LogP contribution is -2.24. The molecule has 0 saturated carbocycles. The Hall–Kier alpha value is -3.64. The van der Waals surface area contributed by atoms with Gasteiger partial charge in [-0.15, -0.1) is 0 Å². The number of nitrogens with zero attached hydrogens (tertiary/aromatic N) is 2. The fourth-order valence-electron chi connectivity index (χ4n) is 3.20. The highest BCUT2D eigenvalue weighted by molar-refractivity contribution is 7.89. The van der Waals surface area contributed by atoms with Crippen LogP contribution in [0.25, 0.3) is 11.0 Å². The molecule has 2 N–H and O–H groups in total. The number of rotatable bonds is 7. The van der Waals surface area contributed by atoms with Crippen LogP contribution in [-0.2, 0) is 34.1 Å². The first-order chi connectivity index (χ1) is 15.6. The highest BCUT2D eigenvalue weighted by Crippen LogP contribution is 2.31. The molecule has 0 fully saturated rings. The number of carbonyl (C=O) groups is 1. The quantitative estimate of drug-likeness (QED) is 0.421. The zero-order valence-corrected chi connectivity index (χ0v) is 17.7. The summed E-state index contributed by atoms with van der Waals surface area (Å²) in [5.74, 6) is -1.56. The summed E-state index contributed by atoms with van der Waals surface area (Å²) >= 11 is 0. The molecule has 0 bridgehead atoms. The number of benzene rings is 2. The third kappa shape index (κ3) is 5.07. The standard InChI is InChI=1S/C21H17F3N4O4S/c22-21(23,24)20-27-17-8-1-2-9-18(17)28(20)13-19(29)26-14-5-3-7-16(11-14)33(30,31)25-12-15-6-4-10-32-15/h1-11,25H,12-13H2,(H,26,29). The second-order valence-electron chi connectivity index (χ2n) is 6.99. The highest BCUT2D eigenvalue weighted by atomic mass is 32.2. The van der Waals surface area contributed by atoms with Crippen molar-refractivity contribution < 1.29 is 30.8 Å². The van der Waals surface area contributed by atoms with Crippen LogP contribution in [0.4, 0.5) is 18.9 Å². The van der Waals surface area contributed by atoms with E-state index in [1.54, 1.807) is 24.3 Å². The van der Waals surface area contributed by atoms with Gasteiger partial charge in [-0.2, -0.15) is 13.2 Å². The van der Waals surface area contributed by atoms with Crippen LogP contribution in [0, 0.1) is 0 Å². The number of amides is 1. The van der Waals surface area contributed by atoms with Crippen LogP contribution in [0.2, 0.25) is 0 Å². The van der Waals surface area contributed by atoms with Gasteiger partial charge in [0.05, 0.1) is 28.7 Å². The van der Waals surface area contributed by atoms with Gasteiger partial charge in [0.2, 0.25) is 21.8 Å². The van der Waals surface area contributed by atoms with Crippen molar-refractivity contribution in [2.75, 3.05) is 5.32 Å². The summed E-state index contributed by atoms with van der Waals surface area (Å²) in [5.41, 5.74) is 0.366. The number of halogens is 3. The maximum Gasteiger partial charge on any atom is 0.449 e. The van der Waals surface area contributed by atoms with E-state index < -0.39 is 34.5 Å². The first-order valence-electron chi connectivity index (χ1n) is 9.58. The lowest BCUT2D eigenvalue weighted by molar-refractivity contribution is -0.147.